The maximum atomic E-state index is 12.2. The van der Waals surface area contributed by atoms with Gasteiger partial charge >= 0.3 is 5.97 Å². The quantitative estimate of drug-likeness (QED) is 0.750. The first-order valence-electron chi connectivity index (χ1n) is 6.97. The Bertz CT molecular complexity index is 837. The zero-order valence-corrected chi connectivity index (χ0v) is 13.0. The molecule has 0 unspecified atom stereocenters. The lowest BCUT2D eigenvalue weighted by atomic mass is 10.0. The maximum Gasteiger partial charge on any atom is 0.338 e. The fourth-order valence-corrected chi connectivity index (χ4v) is 2.46. The van der Waals surface area contributed by atoms with Gasteiger partial charge in [0.2, 0.25) is 0 Å². The molecule has 1 N–H and O–H groups in total. The number of imidazole rings is 1. The van der Waals surface area contributed by atoms with Crippen molar-refractivity contribution >= 4 is 17.0 Å². The summed E-state index contributed by atoms with van der Waals surface area (Å²) in [5, 5.41) is 0. The summed E-state index contributed by atoms with van der Waals surface area (Å²) in [6.45, 7) is 0. The van der Waals surface area contributed by atoms with Crippen LogP contribution >= 0.6 is 0 Å². The van der Waals surface area contributed by atoms with Crippen LogP contribution in [0.25, 0.3) is 22.4 Å². The lowest BCUT2D eigenvalue weighted by molar-refractivity contribution is 0.0601. The number of nitrogens with zero attached hydrogens (tertiary/aromatic N) is 1. The van der Waals surface area contributed by atoms with Crippen molar-refractivity contribution in [2.45, 2.75) is 0 Å². The van der Waals surface area contributed by atoms with E-state index in [0.717, 1.165) is 11.0 Å². The number of benzene rings is 2. The molecular weight excluding hydrogens is 296 g/mol. The predicted molar refractivity (Wildman–Crippen MR) is 86.0 cm³/mol. The number of aromatic nitrogens is 2. The van der Waals surface area contributed by atoms with Crippen LogP contribution in [-0.4, -0.2) is 37.3 Å². The molecule has 0 fully saturated rings. The van der Waals surface area contributed by atoms with E-state index in [1.807, 2.05) is 24.3 Å². The van der Waals surface area contributed by atoms with Gasteiger partial charge in [-0.2, -0.15) is 0 Å². The number of H-pyrrole nitrogens is 1. The van der Waals surface area contributed by atoms with Gasteiger partial charge in [0.1, 0.15) is 17.3 Å². The van der Waals surface area contributed by atoms with Crippen LogP contribution in [0.5, 0.6) is 11.5 Å². The minimum atomic E-state index is -0.488. The van der Waals surface area contributed by atoms with E-state index in [4.69, 9.17) is 14.2 Å². The van der Waals surface area contributed by atoms with E-state index < -0.39 is 5.97 Å². The average Bonchev–Trinajstić information content (AvgIpc) is 3.03. The molecule has 0 aliphatic rings. The third-order valence-corrected chi connectivity index (χ3v) is 3.56. The topological polar surface area (TPSA) is 73.4 Å². The van der Waals surface area contributed by atoms with Gasteiger partial charge in [-0.25, -0.2) is 9.78 Å². The van der Waals surface area contributed by atoms with Crippen LogP contribution in [0, 0.1) is 0 Å². The lowest BCUT2D eigenvalue weighted by Gasteiger charge is -2.13. The second kappa shape index (κ2) is 6.00. The Morgan fingerprint density at radius 1 is 1.09 bits per heavy atom. The van der Waals surface area contributed by atoms with Crippen LogP contribution in [-0.2, 0) is 4.74 Å². The average molecular weight is 312 g/mol. The van der Waals surface area contributed by atoms with E-state index in [2.05, 4.69) is 9.97 Å². The van der Waals surface area contributed by atoms with Crippen molar-refractivity contribution in [2.24, 2.45) is 0 Å². The highest BCUT2D eigenvalue weighted by Crippen LogP contribution is 2.36. The number of rotatable bonds is 4. The summed E-state index contributed by atoms with van der Waals surface area (Å²) in [5.41, 5.74) is 2.53. The second-order valence-corrected chi connectivity index (χ2v) is 4.85. The standard InChI is InChI=1S/C17H16N2O4/c1-21-10-8-11(17(20)23-3)15(14(9-10)22-2)16-18-12-6-4-5-7-13(12)19-16/h4-9H,1-3H3,(H,18,19). The number of carbonyl (C=O) groups is 1. The Balaban J connectivity index is 2.29. The SMILES string of the molecule is COC(=O)c1cc(OC)cc(OC)c1-c1nc2ccccc2[nH]1. The monoisotopic (exact) mass is 312 g/mol. The van der Waals surface area contributed by atoms with Crippen molar-refractivity contribution in [3.8, 4) is 22.9 Å². The van der Waals surface area contributed by atoms with Crippen molar-refractivity contribution in [1.82, 2.24) is 9.97 Å². The molecule has 0 spiro atoms. The minimum Gasteiger partial charge on any atom is -0.497 e. The molecule has 0 atom stereocenters. The molecule has 3 rings (SSSR count). The van der Waals surface area contributed by atoms with Gasteiger partial charge in [0.05, 0.1) is 43.5 Å². The van der Waals surface area contributed by atoms with Crippen molar-refractivity contribution < 1.29 is 19.0 Å². The molecule has 0 saturated heterocycles. The summed E-state index contributed by atoms with van der Waals surface area (Å²) in [6, 6.07) is 10.9. The van der Waals surface area contributed by atoms with Crippen LogP contribution in [0.1, 0.15) is 10.4 Å². The number of nitrogens with one attached hydrogen (secondary N) is 1. The summed E-state index contributed by atoms with van der Waals surface area (Å²) in [6.07, 6.45) is 0. The second-order valence-electron chi connectivity index (χ2n) is 4.85. The third-order valence-electron chi connectivity index (χ3n) is 3.56. The van der Waals surface area contributed by atoms with Crippen LogP contribution in [0.15, 0.2) is 36.4 Å². The number of methoxy groups -OCH3 is 3. The highest BCUT2D eigenvalue weighted by Gasteiger charge is 2.22. The predicted octanol–water partition coefficient (Wildman–Crippen LogP) is 3.03. The highest BCUT2D eigenvalue weighted by atomic mass is 16.5. The number of hydrogen-bond acceptors (Lipinski definition) is 5. The Morgan fingerprint density at radius 3 is 2.52 bits per heavy atom. The summed E-state index contributed by atoms with van der Waals surface area (Å²) in [5.74, 6) is 1.02. The highest BCUT2D eigenvalue weighted by molar-refractivity contribution is 5.99. The molecule has 6 heteroatoms. The number of carbonyl (C=O) groups excluding carboxylic acids is 1. The van der Waals surface area contributed by atoms with Gasteiger partial charge < -0.3 is 19.2 Å². The van der Waals surface area contributed by atoms with Crippen molar-refractivity contribution in [1.29, 1.82) is 0 Å². The molecule has 6 nitrogen and oxygen atoms in total. The number of ether oxygens (including phenoxy) is 3. The summed E-state index contributed by atoms with van der Waals surface area (Å²) >= 11 is 0. The maximum absolute atomic E-state index is 12.2. The normalized spacial score (nSPS) is 10.6. The lowest BCUT2D eigenvalue weighted by Crippen LogP contribution is -2.06. The number of para-hydroxylation sites is 2. The third kappa shape index (κ3) is 2.59. The molecule has 0 aliphatic carbocycles. The first-order chi connectivity index (χ1) is 11.2. The van der Waals surface area contributed by atoms with Crippen molar-refractivity contribution in [2.75, 3.05) is 21.3 Å². The first kappa shape index (κ1) is 14.9. The van der Waals surface area contributed by atoms with Crippen LogP contribution < -0.4 is 9.47 Å². The molecule has 0 bridgehead atoms. The number of aromatic amines is 1. The molecular formula is C17H16N2O4. The summed E-state index contributed by atoms with van der Waals surface area (Å²) in [4.78, 5) is 19.9. The molecule has 3 aromatic rings. The van der Waals surface area contributed by atoms with E-state index in [1.54, 1.807) is 12.1 Å². The van der Waals surface area contributed by atoms with Crippen LogP contribution in [0.4, 0.5) is 0 Å². The molecule has 2 aromatic carbocycles. The van der Waals surface area contributed by atoms with E-state index in [9.17, 15) is 4.79 Å². The van der Waals surface area contributed by atoms with Gasteiger partial charge in [0, 0.05) is 6.07 Å². The van der Waals surface area contributed by atoms with E-state index in [1.165, 1.54) is 21.3 Å². The number of hydrogen-bond donors (Lipinski definition) is 1. The van der Waals surface area contributed by atoms with E-state index >= 15 is 0 Å². The zero-order valence-electron chi connectivity index (χ0n) is 13.0. The molecule has 0 amide bonds. The molecule has 23 heavy (non-hydrogen) atoms. The molecule has 1 aromatic heterocycles. The van der Waals surface area contributed by atoms with Gasteiger partial charge in [-0.1, -0.05) is 12.1 Å². The van der Waals surface area contributed by atoms with E-state index in [0.29, 0.717) is 28.5 Å². The molecule has 0 aliphatic heterocycles. The van der Waals surface area contributed by atoms with E-state index in [-0.39, 0.29) is 0 Å². The Hall–Kier alpha value is -3.02. The Kier molecular flexibility index (Phi) is 3.89. The first-order valence-corrected chi connectivity index (χ1v) is 6.97. The molecule has 118 valence electrons. The fraction of sp³-hybridized carbons (Fsp3) is 0.176. The minimum absolute atomic E-state index is 0.322. The van der Waals surface area contributed by atoms with Crippen LogP contribution in [0.3, 0.4) is 0 Å². The number of fused-ring (bicyclic) bond motifs is 1. The Morgan fingerprint density at radius 2 is 1.87 bits per heavy atom. The number of esters is 1. The van der Waals surface area contributed by atoms with Gasteiger partial charge in [-0.05, 0) is 18.2 Å². The van der Waals surface area contributed by atoms with Gasteiger partial charge in [0.15, 0.2) is 0 Å². The molecule has 1 heterocycles. The zero-order chi connectivity index (χ0) is 16.4. The summed E-state index contributed by atoms with van der Waals surface area (Å²) < 4.78 is 15.5. The van der Waals surface area contributed by atoms with Crippen molar-refractivity contribution in [3.05, 3.63) is 42.0 Å². The fourth-order valence-electron chi connectivity index (χ4n) is 2.46. The van der Waals surface area contributed by atoms with Gasteiger partial charge in [-0.15, -0.1) is 0 Å². The smallest absolute Gasteiger partial charge is 0.338 e. The Labute approximate surface area is 133 Å². The summed E-state index contributed by atoms with van der Waals surface area (Å²) in [7, 11) is 4.38. The largest absolute Gasteiger partial charge is 0.497 e. The van der Waals surface area contributed by atoms with Gasteiger partial charge in [-0.3, -0.25) is 0 Å². The van der Waals surface area contributed by atoms with Crippen molar-refractivity contribution in [3.63, 3.8) is 0 Å². The molecule has 0 radical (unpaired) electrons. The van der Waals surface area contributed by atoms with Crippen LogP contribution in [0.2, 0.25) is 0 Å². The molecule has 0 saturated carbocycles. The van der Waals surface area contributed by atoms with Gasteiger partial charge in [0.25, 0.3) is 0 Å².